The molecule has 110 valence electrons. The van der Waals surface area contributed by atoms with Gasteiger partial charge in [-0.2, -0.15) is 13.2 Å². The van der Waals surface area contributed by atoms with Gasteiger partial charge in [0.1, 0.15) is 5.54 Å². The van der Waals surface area contributed by atoms with Crippen LogP contribution in [0.1, 0.15) is 17.5 Å². The van der Waals surface area contributed by atoms with Gasteiger partial charge in [-0.25, -0.2) is 0 Å². The fourth-order valence-corrected chi connectivity index (χ4v) is 1.98. The third-order valence-corrected chi connectivity index (χ3v) is 3.21. The van der Waals surface area contributed by atoms with Crippen molar-refractivity contribution >= 4 is 5.91 Å². The van der Waals surface area contributed by atoms with E-state index >= 15 is 0 Å². The smallest absolute Gasteiger partial charge is 0.379 e. The molecule has 3 N–H and O–H groups in total. The lowest BCUT2D eigenvalue weighted by Crippen LogP contribution is -2.54. The molecule has 1 aromatic rings. The van der Waals surface area contributed by atoms with Crippen molar-refractivity contribution in [3.8, 4) is 0 Å². The van der Waals surface area contributed by atoms with E-state index in [0.29, 0.717) is 18.6 Å². The number of hydrogen-bond donors (Lipinski definition) is 2. The minimum Gasteiger partial charge on any atom is -0.379 e. The number of amides is 1. The van der Waals surface area contributed by atoms with Gasteiger partial charge in [0, 0.05) is 13.2 Å². The SMILES string of the molecule is NC1(C(=O)NCc2cccc(C(F)(F)F)c2)CCOC1. The van der Waals surface area contributed by atoms with Gasteiger partial charge >= 0.3 is 6.18 Å². The van der Waals surface area contributed by atoms with E-state index in [1.54, 1.807) is 0 Å². The normalized spacial score (nSPS) is 22.8. The number of carbonyl (C=O) groups is 1. The Morgan fingerprint density at radius 2 is 2.20 bits per heavy atom. The van der Waals surface area contributed by atoms with Gasteiger partial charge in [-0.05, 0) is 24.1 Å². The van der Waals surface area contributed by atoms with Crippen LogP contribution >= 0.6 is 0 Å². The molecule has 1 aliphatic heterocycles. The summed E-state index contributed by atoms with van der Waals surface area (Å²) in [7, 11) is 0. The van der Waals surface area contributed by atoms with Crippen molar-refractivity contribution in [1.29, 1.82) is 0 Å². The first-order valence-electron chi connectivity index (χ1n) is 6.12. The highest BCUT2D eigenvalue weighted by molar-refractivity contribution is 5.86. The van der Waals surface area contributed by atoms with Gasteiger partial charge in [-0.15, -0.1) is 0 Å². The van der Waals surface area contributed by atoms with Crippen molar-refractivity contribution in [2.75, 3.05) is 13.2 Å². The first kappa shape index (κ1) is 14.8. The first-order chi connectivity index (χ1) is 9.31. The third-order valence-electron chi connectivity index (χ3n) is 3.21. The molecule has 1 aromatic carbocycles. The van der Waals surface area contributed by atoms with E-state index in [4.69, 9.17) is 10.5 Å². The Morgan fingerprint density at radius 3 is 2.80 bits per heavy atom. The Morgan fingerprint density at radius 1 is 1.45 bits per heavy atom. The van der Waals surface area contributed by atoms with Gasteiger partial charge in [-0.3, -0.25) is 4.79 Å². The summed E-state index contributed by atoms with van der Waals surface area (Å²) in [5.74, 6) is -0.410. The molecular weight excluding hydrogens is 273 g/mol. The molecular formula is C13H15F3N2O2. The second-order valence-corrected chi connectivity index (χ2v) is 4.84. The number of ether oxygens (including phenoxy) is 1. The van der Waals surface area contributed by atoms with Crippen LogP contribution in [0, 0.1) is 0 Å². The molecule has 0 aliphatic carbocycles. The second kappa shape index (κ2) is 5.41. The van der Waals surface area contributed by atoms with Crippen LogP contribution in [0.25, 0.3) is 0 Å². The zero-order valence-electron chi connectivity index (χ0n) is 10.7. The highest BCUT2D eigenvalue weighted by atomic mass is 19.4. The van der Waals surface area contributed by atoms with Crippen molar-refractivity contribution in [3.63, 3.8) is 0 Å². The Hall–Kier alpha value is -1.60. The van der Waals surface area contributed by atoms with Crippen LogP contribution in [0.5, 0.6) is 0 Å². The lowest BCUT2D eigenvalue weighted by molar-refractivity contribution is -0.137. The van der Waals surface area contributed by atoms with Gasteiger partial charge in [0.25, 0.3) is 0 Å². The lowest BCUT2D eigenvalue weighted by Gasteiger charge is -2.20. The molecule has 0 aromatic heterocycles. The molecule has 2 rings (SSSR count). The maximum atomic E-state index is 12.5. The second-order valence-electron chi connectivity index (χ2n) is 4.84. The Labute approximate surface area is 114 Å². The van der Waals surface area contributed by atoms with E-state index in [1.807, 2.05) is 0 Å². The van der Waals surface area contributed by atoms with Crippen LogP contribution in [0.4, 0.5) is 13.2 Å². The minimum absolute atomic E-state index is 0.00169. The fourth-order valence-electron chi connectivity index (χ4n) is 1.98. The molecule has 1 atom stereocenters. The number of carbonyl (C=O) groups excluding carboxylic acids is 1. The number of hydrogen-bond acceptors (Lipinski definition) is 3. The summed E-state index contributed by atoms with van der Waals surface area (Å²) >= 11 is 0. The van der Waals surface area contributed by atoms with Crippen LogP contribution in [0.2, 0.25) is 0 Å². The third kappa shape index (κ3) is 3.29. The van der Waals surface area contributed by atoms with E-state index in [0.717, 1.165) is 12.1 Å². The zero-order valence-corrected chi connectivity index (χ0v) is 10.7. The Balaban J connectivity index is 1.99. The van der Waals surface area contributed by atoms with Gasteiger partial charge in [0.2, 0.25) is 5.91 Å². The number of nitrogens with one attached hydrogen (secondary N) is 1. The summed E-state index contributed by atoms with van der Waals surface area (Å²) in [6, 6.07) is 4.82. The Kier molecular flexibility index (Phi) is 4.01. The summed E-state index contributed by atoms with van der Waals surface area (Å²) in [5, 5.41) is 2.55. The van der Waals surface area contributed by atoms with E-state index in [1.165, 1.54) is 12.1 Å². The van der Waals surface area contributed by atoms with Crippen molar-refractivity contribution in [3.05, 3.63) is 35.4 Å². The monoisotopic (exact) mass is 288 g/mol. The summed E-state index contributed by atoms with van der Waals surface area (Å²) < 4.78 is 42.7. The molecule has 1 aliphatic rings. The van der Waals surface area contributed by atoms with Crippen LogP contribution in [0.3, 0.4) is 0 Å². The quantitative estimate of drug-likeness (QED) is 0.884. The van der Waals surface area contributed by atoms with Gasteiger partial charge in [0.05, 0.1) is 12.2 Å². The van der Waals surface area contributed by atoms with Gasteiger partial charge in [0.15, 0.2) is 0 Å². The Bertz CT molecular complexity index is 497. The van der Waals surface area contributed by atoms with Gasteiger partial charge < -0.3 is 15.8 Å². The topological polar surface area (TPSA) is 64.4 Å². The highest BCUT2D eigenvalue weighted by Gasteiger charge is 2.38. The molecule has 1 fully saturated rings. The van der Waals surface area contributed by atoms with Crippen LogP contribution in [-0.2, 0) is 22.3 Å². The van der Waals surface area contributed by atoms with Crippen LogP contribution in [0.15, 0.2) is 24.3 Å². The summed E-state index contributed by atoms with van der Waals surface area (Å²) in [6.07, 6.45) is -3.99. The largest absolute Gasteiger partial charge is 0.416 e. The molecule has 20 heavy (non-hydrogen) atoms. The molecule has 0 saturated carbocycles. The molecule has 0 bridgehead atoms. The first-order valence-corrected chi connectivity index (χ1v) is 6.12. The molecule has 7 heteroatoms. The number of rotatable bonds is 3. The fraction of sp³-hybridized carbons (Fsp3) is 0.462. The van der Waals surface area contributed by atoms with E-state index in [2.05, 4.69) is 5.32 Å². The molecule has 1 heterocycles. The summed E-state index contributed by atoms with van der Waals surface area (Å²) in [4.78, 5) is 11.9. The summed E-state index contributed by atoms with van der Waals surface area (Å²) in [6.45, 7) is 0.538. The van der Waals surface area contributed by atoms with Crippen molar-refractivity contribution < 1.29 is 22.7 Å². The number of benzene rings is 1. The molecule has 0 spiro atoms. The average Bonchev–Trinajstić information content (AvgIpc) is 2.83. The van der Waals surface area contributed by atoms with Crippen molar-refractivity contribution in [1.82, 2.24) is 5.32 Å². The van der Waals surface area contributed by atoms with Gasteiger partial charge in [-0.1, -0.05) is 12.1 Å². The molecule has 1 saturated heterocycles. The minimum atomic E-state index is -4.39. The number of alkyl halides is 3. The predicted octanol–water partition coefficient (Wildman–Crippen LogP) is 1.44. The molecule has 1 amide bonds. The van der Waals surface area contributed by atoms with Crippen LogP contribution < -0.4 is 11.1 Å². The van der Waals surface area contributed by atoms with Crippen molar-refractivity contribution in [2.24, 2.45) is 5.73 Å². The van der Waals surface area contributed by atoms with Crippen molar-refractivity contribution in [2.45, 2.75) is 24.7 Å². The lowest BCUT2D eigenvalue weighted by atomic mass is 9.99. The predicted molar refractivity (Wildman–Crippen MR) is 65.6 cm³/mol. The van der Waals surface area contributed by atoms with Crippen LogP contribution in [-0.4, -0.2) is 24.7 Å². The molecule has 0 radical (unpaired) electrons. The van der Waals surface area contributed by atoms with E-state index in [9.17, 15) is 18.0 Å². The van der Waals surface area contributed by atoms with E-state index in [-0.39, 0.29) is 13.2 Å². The maximum absolute atomic E-state index is 12.5. The zero-order chi connectivity index (χ0) is 14.8. The summed E-state index contributed by atoms with van der Waals surface area (Å²) in [5.41, 5.74) is 4.40. The standard InChI is InChI=1S/C13H15F3N2O2/c14-13(15,16)10-3-1-2-9(6-10)7-18-11(19)12(17)4-5-20-8-12/h1-3,6H,4-5,7-8,17H2,(H,18,19). The maximum Gasteiger partial charge on any atom is 0.416 e. The molecule has 1 unspecified atom stereocenters. The van der Waals surface area contributed by atoms with E-state index < -0.39 is 23.2 Å². The highest BCUT2D eigenvalue weighted by Crippen LogP contribution is 2.29. The molecule has 4 nitrogen and oxygen atoms in total. The number of nitrogens with two attached hydrogens (primary N) is 1. The average molecular weight is 288 g/mol. The number of halogens is 3.